The van der Waals surface area contributed by atoms with Gasteiger partial charge in [0, 0.05) is 22.9 Å². The van der Waals surface area contributed by atoms with Gasteiger partial charge in [0.25, 0.3) is 0 Å². The van der Waals surface area contributed by atoms with E-state index in [9.17, 15) is 15.3 Å². The van der Waals surface area contributed by atoms with Crippen LogP contribution < -0.4 is 4.74 Å². The van der Waals surface area contributed by atoms with Crippen LogP contribution in [0.15, 0.2) is 71.7 Å². The third-order valence-corrected chi connectivity index (χ3v) is 4.06. The summed E-state index contributed by atoms with van der Waals surface area (Å²) in [7, 11) is 1.54. The van der Waals surface area contributed by atoms with E-state index in [-0.39, 0.29) is 17.2 Å². The van der Waals surface area contributed by atoms with Gasteiger partial charge in [-0.2, -0.15) is 0 Å². The van der Waals surface area contributed by atoms with Crippen molar-refractivity contribution in [2.75, 3.05) is 7.11 Å². The highest BCUT2D eigenvalue weighted by atomic mass is 16.5. The van der Waals surface area contributed by atoms with Gasteiger partial charge in [-0.3, -0.25) is 4.99 Å². The zero-order chi connectivity index (χ0) is 18.5. The smallest absolute Gasteiger partial charge is 0.124 e. The molecule has 0 amide bonds. The molecule has 132 valence electrons. The highest BCUT2D eigenvalue weighted by Crippen LogP contribution is 2.36. The van der Waals surface area contributed by atoms with E-state index < -0.39 is 6.04 Å². The molecule has 0 bridgehead atoms. The molecule has 0 aromatic heterocycles. The number of benzene rings is 3. The Hall–Kier alpha value is -3.47. The molecule has 0 heterocycles. The average molecular weight is 349 g/mol. The van der Waals surface area contributed by atoms with Crippen molar-refractivity contribution in [3.8, 4) is 23.0 Å². The normalized spacial score (nSPS) is 11.2. The second-order valence-corrected chi connectivity index (χ2v) is 5.72. The zero-order valence-electron chi connectivity index (χ0n) is 14.2. The SMILES string of the molecule is COc1ccc(O)c(C=NC(c2ccccc2O)c2ccccc2O)c1. The Bertz CT molecular complexity index is 891. The fourth-order valence-electron chi connectivity index (χ4n) is 2.68. The van der Waals surface area contributed by atoms with Crippen LogP contribution in [0.25, 0.3) is 0 Å². The molecule has 3 rings (SSSR count). The average Bonchev–Trinajstić information content (AvgIpc) is 2.65. The highest BCUT2D eigenvalue weighted by Gasteiger charge is 2.19. The molecule has 0 aliphatic carbocycles. The van der Waals surface area contributed by atoms with Crippen LogP contribution in [0, 0.1) is 0 Å². The molecule has 0 fully saturated rings. The maximum Gasteiger partial charge on any atom is 0.124 e. The summed E-state index contributed by atoms with van der Waals surface area (Å²) in [4.78, 5) is 4.53. The zero-order valence-corrected chi connectivity index (χ0v) is 14.2. The molecule has 0 unspecified atom stereocenters. The van der Waals surface area contributed by atoms with Crippen LogP contribution in [0.5, 0.6) is 23.0 Å². The summed E-state index contributed by atoms with van der Waals surface area (Å²) in [6.45, 7) is 0. The summed E-state index contributed by atoms with van der Waals surface area (Å²) in [6.07, 6.45) is 1.50. The van der Waals surface area contributed by atoms with Crippen molar-refractivity contribution in [1.29, 1.82) is 0 Å². The Morgan fingerprint density at radius 1 is 0.808 bits per heavy atom. The van der Waals surface area contributed by atoms with Gasteiger partial charge >= 0.3 is 0 Å². The van der Waals surface area contributed by atoms with Gasteiger partial charge in [0.15, 0.2) is 0 Å². The second-order valence-electron chi connectivity index (χ2n) is 5.72. The van der Waals surface area contributed by atoms with Crippen molar-refractivity contribution >= 4 is 6.21 Å². The van der Waals surface area contributed by atoms with Gasteiger partial charge in [-0.05, 0) is 30.3 Å². The highest BCUT2D eigenvalue weighted by molar-refractivity contribution is 5.84. The standard InChI is InChI=1S/C21H19NO4/c1-26-15-10-11-18(23)14(12-15)13-22-21(16-6-2-4-8-19(16)24)17-7-3-5-9-20(17)25/h2-13,21,23-25H,1H3. The van der Waals surface area contributed by atoms with Gasteiger partial charge in [-0.15, -0.1) is 0 Å². The van der Waals surface area contributed by atoms with E-state index in [4.69, 9.17) is 4.74 Å². The maximum atomic E-state index is 10.2. The van der Waals surface area contributed by atoms with E-state index in [0.717, 1.165) is 0 Å². The minimum atomic E-state index is -0.636. The molecule has 5 heteroatoms. The molecular formula is C21H19NO4. The molecule has 3 aromatic carbocycles. The molecule has 0 saturated carbocycles. The Kier molecular flexibility index (Phi) is 5.08. The van der Waals surface area contributed by atoms with E-state index in [1.54, 1.807) is 67.8 Å². The van der Waals surface area contributed by atoms with Gasteiger partial charge in [0.2, 0.25) is 0 Å². The van der Waals surface area contributed by atoms with Gasteiger partial charge in [-0.1, -0.05) is 36.4 Å². The lowest BCUT2D eigenvalue weighted by molar-refractivity contribution is 0.412. The molecule has 0 aliphatic heterocycles. The Morgan fingerprint density at radius 2 is 1.38 bits per heavy atom. The number of aromatic hydroxyl groups is 3. The molecule has 0 atom stereocenters. The van der Waals surface area contributed by atoms with Crippen molar-refractivity contribution in [1.82, 2.24) is 0 Å². The van der Waals surface area contributed by atoms with Crippen LogP contribution in [0.3, 0.4) is 0 Å². The first-order valence-electron chi connectivity index (χ1n) is 8.06. The lowest BCUT2D eigenvalue weighted by Gasteiger charge is -2.16. The van der Waals surface area contributed by atoms with Crippen LogP contribution in [-0.2, 0) is 0 Å². The largest absolute Gasteiger partial charge is 0.508 e. The topological polar surface area (TPSA) is 82.3 Å². The van der Waals surface area contributed by atoms with E-state index in [0.29, 0.717) is 22.4 Å². The number of phenols is 3. The fraction of sp³-hybridized carbons (Fsp3) is 0.0952. The first-order chi connectivity index (χ1) is 12.6. The fourth-order valence-corrected chi connectivity index (χ4v) is 2.68. The Labute approximate surface area is 151 Å². The number of methoxy groups -OCH3 is 1. The van der Waals surface area contributed by atoms with Gasteiger partial charge in [-0.25, -0.2) is 0 Å². The van der Waals surface area contributed by atoms with Crippen molar-refractivity contribution < 1.29 is 20.1 Å². The van der Waals surface area contributed by atoms with Crippen molar-refractivity contribution in [2.45, 2.75) is 6.04 Å². The molecular weight excluding hydrogens is 330 g/mol. The summed E-state index contributed by atoms with van der Waals surface area (Å²) < 4.78 is 5.17. The number of hydrogen-bond donors (Lipinski definition) is 3. The van der Waals surface area contributed by atoms with Crippen LogP contribution in [-0.4, -0.2) is 28.6 Å². The molecule has 0 saturated heterocycles. The monoisotopic (exact) mass is 349 g/mol. The molecule has 26 heavy (non-hydrogen) atoms. The minimum Gasteiger partial charge on any atom is -0.508 e. The Morgan fingerprint density at radius 3 is 1.92 bits per heavy atom. The molecule has 0 radical (unpaired) electrons. The summed E-state index contributed by atoms with van der Waals surface area (Å²) in [5.74, 6) is 0.800. The lowest BCUT2D eigenvalue weighted by atomic mass is 9.97. The first kappa shape index (κ1) is 17.4. The Balaban J connectivity index is 2.08. The van der Waals surface area contributed by atoms with Crippen LogP contribution in [0.2, 0.25) is 0 Å². The number of aliphatic imine (C=N–C) groups is 1. The number of hydrogen-bond acceptors (Lipinski definition) is 5. The number of nitrogens with zero attached hydrogens (tertiary/aromatic N) is 1. The number of para-hydroxylation sites is 2. The third-order valence-electron chi connectivity index (χ3n) is 4.06. The van der Waals surface area contributed by atoms with E-state index >= 15 is 0 Å². The predicted molar refractivity (Wildman–Crippen MR) is 100 cm³/mol. The molecule has 3 N–H and O–H groups in total. The predicted octanol–water partition coefficient (Wildman–Crippen LogP) is 4.02. The lowest BCUT2D eigenvalue weighted by Crippen LogP contribution is -2.00. The molecule has 0 spiro atoms. The second kappa shape index (κ2) is 7.61. The molecule has 3 aromatic rings. The van der Waals surface area contributed by atoms with Crippen LogP contribution in [0.4, 0.5) is 0 Å². The maximum absolute atomic E-state index is 10.2. The molecule has 5 nitrogen and oxygen atoms in total. The van der Waals surface area contributed by atoms with Crippen LogP contribution >= 0.6 is 0 Å². The summed E-state index contributed by atoms with van der Waals surface area (Å²) in [6, 6.07) is 17.9. The van der Waals surface area contributed by atoms with Gasteiger partial charge in [0.1, 0.15) is 29.0 Å². The van der Waals surface area contributed by atoms with Crippen LogP contribution in [0.1, 0.15) is 22.7 Å². The van der Waals surface area contributed by atoms with E-state index in [1.807, 2.05) is 0 Å². The number of phenolic OH excluding ortho intramolecular Hbond substituents is 3. The minimum absolute atomic E-state index is 0.0582. The summed E-state index contributed by atoms with van der Waals surface area (Å²) >= 11 is 0. The van der Waals surface area contributed by atoms with E-state index in [2.05, 4.69) is 4.99 Å². The van der Waals surface area contributed by atoms with E-state index in [1.165, 1.54) is 12.3 Å². The number of ether oxygens (including phenoxy) is 1. The quantitative estimate of drug-likeness (QED) is 0.608. The summed E-state index contributed by atoms with van der Waals surface area (Å²) in [5.41, 5.74) is 1.57. The van der Waals surface area contributed by atoms with Gasteiger partial charge < -0.3 is 20.1 Å². The van der Waals surface area contributed by atoms with Crippen molar-refractivity contribution in [3.05, 3.63) is 83.4 Å². The van der Waals surface area contributed by atoms with Gasteiger partial charge in [0.05, 0.1) is 7.11 Å². The first-order valence-corrected chi connectivity index (χ1v) is 8.06. The van der Waals surface area contributed by atoms with Crippen molar-refractivity contribution in [3.63, 3.8) is 0 Å². The number of rotatable bonds is 5. The molecule has 0 aliphatic rings. The van der Waals surface area contributed by atoms with Crippen molar-refractivity contribution in [2.24, 2.45) is 4.99 Å². The summed E-state index contributed by atoms with van der Waals surface area (Å²) in [5, 5.41) is 30.5. The third kappa shape index (κ3) is 3.62.